The van der Waals surface area contributed by atoms with Crippen molar-refractivity contribution in [2.75, 3.05) is 20.7 Å². The van der Waals surface area contributed by atoms with Crippen molar-refractivity contribution in [2.45, 2.75) is 13.0 Å². The molecule has 1 atom stereocenters. The van der Waals surface area contributed by atoms with Crippen molar-refractivity contribution in [1.82, 2.24) is 5.32 Å². The summed E-state index contributed by atoms with van der Waals surface area (Å²) in [4.78, 5) is 0. The summed E-state index contributed by atoms with van der Waals surface area (Å²) in [6.45, 7) is 2.15. The van der Waals surface area contributed by atoms with Gasteiger partial charge in [0.25, 0.3) is 0 Å². The number of hydrogen-bond acceptors (Lipinski definition) is 3. The lowest BCUT2D eigenvalue weighted by Gasteiger charge is -2.18. The number of rotatable bonds is 4. The molecular formula is C11H15BrFNO2. The van der Waals surface area contributed by atoms with E-state index in [1.807, 2.05) is 0 Å². The first-order valence-corrected chi connectivity index (χ1v) is 5.67. The van der Waals surface area contributed by atoms with Gasteiger partial charge in [0.2, 0.25) is 0 Å². The molecule has 1 aromatic rings. The highest BCUT2D eigenvalue weighted by Gasteiger charge is 2.21. The summed E-state index contributed by atoms with van der Waals surface area (Å²) in [5.41, 5.74) is 1.25. The van der Waals surface area contributed by atoms with Gasteiger partial charge >= 0.3 is 0 Å². The van der Waals surface area contributed by atoms with Gasteiger partial charge in [-0.15, -0.1) is 0 Å². The van der Waals surface area contributed by atoms with Crippen LogP contribution in [0.5, 0.6) is 5.75 Å². The Morgan fingerprint density at radius 3 is 2.75 bits per heavy atom. The molecule has 90 valence electrons. The molecule has 0 saturated carbocycles. The molecule has 0 amide bonds. The summed E-state index contributed by atoms with van der Waals surface area (Å²) in [7, 11) is 3.11. The highest BCUT2D eigenvalue weighted by molar-refractivity contribution is 9.10. The fourth-order valence-corrected chi connectivity index (χ4v) is 2.03. The Labute approximate surface area is 103 Å². The van der Waals surface area contributed by atoms with Gasteiger partial charge in [-0.1, -0.05) is 15.9 Å². The third-order valence-electron chi connectivity index (χ3n) is 2.41. The van der Waals surface area contributed by atoms with E-state index in [1.165, 1.54) is 13.2 Å². The minimum Gasteiger partial charge on any atom is -0.493 e. The average Bonchev–Trinajstić information content (AvgIpc) is 2.23. The third-order valence-corrected chi connectivity index (χ3v) is 3.24. The lowest BCUT2D eigenvalue weighted by atomic mass is 10.0. The molecular weight excluding hydrogens is 277 g/mol. The number of ether oxygens (including phenoxy) is 1. The number of benzene rings is 1. The normalized spacial score (nSPS) is 12.6. The lowest BCUT2D eigenvalue weighted by Crippen LogP contribution is -2.18. The molecule has 0 aliphatic heterocycles. The van der Waals surface area contributed by atoms with Crippen LogP contribution in [0, 0.1) is 12.7 Å². The van der Waals surface area contributed by atoms with E-state index in [4.69, 9.17) is 4.74 Å². The molecule has 1 rings (SSSR count). The Kier molecular flexibility index (Phi) is 4.70. The number of aliphatic hydroxyl groups excluding tert-OH is 1. The molecule has 0 aliphatic carbocycles. The minimum atomic E-state index is -0.799. The van der Waals surface area contributed by atoms with Gasteiger partial charge in [-0.2, -0.15) is 0 Å². The van der Waals surface area contributed by atoms with Crippen LogP contribution in [0.4, 0.5) is 4.39 Å². The number of methoxy groups -OCH3 is 1. The van der Waals surface area contributed by atoms with E-state index in [0.717, 1.165) is 5.56 Å². The molecule has 0 saturated heterocycles. The van der Waals surface area contributed by atoms with Crippen molar-refractivity contribution in [3.8, 4) is 5.75 Å². The molecule has 0 aromatic heterocycles. The molecule has 0 radical (unpaired) electrons. The van der Waals surface area contributed by atoms with Gasteiger partial charge in [0, 0.05) is 16.6 Å². The maximum Gasteiger partial charge on any atom is 0.166 e. The van der Waals surface area contributed by atoms with Crippen LogP contribution in [0.25, 0.3) is 0 Å². The molecule has 3 nitrogen and oxygen atoms in total. The van der Waals surface area contributed by atoms with Gasteiger partial charge in [-0.3, -0.25) is 0 Å². The molecule has 0 bridgehead atoms. The fraction of sp³-hybridized carbons (Fsp3) is 0.455. The van der Waals surface area contributed by atoms with E-state index in [9.17, 15) is 9.50 Å². The zero-order valence-corrected chi connectivity index (χ0v) is 11.1. The van der Waals surface area contributed by atoms with Gasteiger partial charge in [-0.25, -0.2) is 4.39 Å². The summed E-state index contributed by atoms with van der Waals surface area (Å²) in [5.74, 6) is -0.381. The number of nitrogens with one attached hydrogen (secondary N) is 1. The third kappa shape index (κ3) is 2.53. The first-order valence-electron chi connectivity index (χ1n) is 4.88. The zero-order chi connectivity index (χ0) is 12.3. The minimum absolute atomic E-state index is 0.100. The van der Waals surface area contributed by atoms with Gasteiger partial charge in [0.15, 0.2) is 11.6 Å². The Morgan fingerprint density at radius 2 is 2.25 bits per heavy atom. The second-order valence-electron chi connectivity index (χ2n) is 3.49. The monoisotopic (exact) mass is 291 g/mol. The van der Waals surface area contributed by atoms with Crippen LogP contribution >= 0.6 is 15.9 Å². The molecule has 16 heavy (non-hydrogen) atoms. The number of halogens is 2. The van der Waals surface area contributed by atoms with Gasteiger partial charge in [0.05, 0.1) is 13.2 Å². The standard InChI is InChI=1S/C11H15BrFNO2/c1-6-7(12)4-8(13)11(16-3)10(6)9(15)5-14-2/h4,9,14-15H,5H2,1-3H3. The summed E-state index contributed by atoms with van der Waals surface area (Å²) in [6.07, 6.45) is -0.799. The smallest absolute Gasteiger partial charge is 0.166 e. The van der Waals surface area contributed by atoms with Crippen molar-refractivity contribution in [1.29, 1.82) is 0 Å². The van der Waals surface area contributed by atoms with Gasteiger partial charge < -0.3 is 15.2 Å². The maximum absolute atomic E-state index is 13.6. The second kappa shape index (κ2) is 5.61. The molecule has 0 heterocycles. The molecule has 0 aliphatic rings. The Hall–Kier alpha value is -0.650. The predicted molar refractivity (Wildman–Crippen MR) is 64.3 cm³/mol. The highest BCUT2D eigenvalue weighted by Crippen LogP contribution is 2.35. The van der Waals surface area contributed by atoms with Gasteiger partial charge in [-0.05, 0) is 25.6 Å². The van der Waals surface area contributed by atoms with Gasteiger partial charge in [0.1, 0.15) is 0 Å². The first-order chi connectivity index (χ1) is 7.52. The summed E-state index contributed by atoms with van der Waals surface area (Å²) in [5, 5.41) is 12.8. The molecule has 5 heteroatoms. The van der Waals surface area contributed by atoms with Crippen LogP contribution in [0.1, 0.15) is 17.2 Å². The quantitative estimate of drug-likeness (QED) is 0.893. The lowest BCUT2D eigenvalue weighted by molar-refractivity contribution is 0.171. The van der Waals surface area contributed by atoms with Crippen molar-refractivity contribution < 1.29 is 14.2 Å². The molecule has 2 N–H and O–H groups in total. The van der Waals surface area contributed by atoms with Crippen LogP contribution in [-0.4, -0.2) is 25.8 Å². The predicted octanol–water partition coefficient (Wildman–Crippen LogP) is 2.16. The van der Waals surface area contributed by atoms with Crippen LogP contribution in [0.3, 0.4) is 0 Å². The van der Waals surface area contributed by atoms with E-state index in [1.54, 1.807) is 14.0 Å². The number of aliphatic hydroxyl groups is 1. The summed E-state index contributed by atoms with van der Waals surface area (Å²) in [6, 6.07) is 1.34. The van der Waals surface area contributed by atoms with Crippen LogP contribution in [-0.2, 0) is 0 Å². The fourth-order valence-electron chi connectivity index (χ4n) is 1.62. The van der Waals surface area contributed by atoms with Crippen molar-refractivity contribution in [3.05, 3.63) is 27.5 Å². The van der Waals surface area contributed by atoms with E-state index in [-0.39, 0.29) is 5.75 Å². The zero-order valence-electron chi connectivity index (χ0n) is 9.47. The topological polar surface area (TPSA) is 41.5 Å². The van der Waals surface area contributed by atoms with Crippen molar-refractivity contribution >= 4 is 15.9 Å². The Balaban J connectivity index is 3.32. The first kappa shape index (κ1) is 13.4. The molecule has 0 spiro atoms. The molecule has 0 fully saturated rings. The largest absolute Gasteiger partial charge is 0.493 e. The molecule has 1 aromatic carbocycles. The maximum atomic E-state index is 13.6. The van der Waals surface area contributed by atoms with Crippen LogP contribution < -0.4 is 10.1 Å². The number of likely N-dealkylation sites (N-methyl/N-ethyl adjacent to an activating group) is 1. The Bertz CT molecular complexity index is 385. The van der Waals surface area contributed by atoms with Crippen LogP contribution in [0.2, 0.25) is 0 Å². The van der Waals surface area contributed by atoms with Crippen molar-refractivity contribution in [2.24, 2.45) is 0 Å². The number of hydrogen-bond donors (Lipinski definition) is 2. The summed E-state index contributed by atoms with van der Waals surface area (Å²) >= 11 is 3.25. The molecule has 1 unspecified atom stereocenters. The SMILES string of the molecule is CNCC(O)c1c(C)c(Br)cc(F)c1OC. The Morgan fingerprint density at radius 1 is 1.62 bits per heavy atom. The van der Waals surface area contributed by atoms with E-state index in [2.05, 4.69) is 21.2 Å². The van der Waals surface area contributed by atoms with Crippen LogP contribution in [0.15, 0.2) is 10.5 Å². The van der Waals surface area contributed by atoms with E-state index < -0.39 is 11.9 Å². The second-order valence-corrected chi connectivity index (χ2v) is 4.34. The summed E-state index contributed by atoms with van der Waals surface area (Å²) < 4.78 is 19.2. The highest BCUT2D eigenvalue weighted by atomic mass is 79.9. The van der Waals surface area contributed by atoms with Crippen molar-refractivity contribution in [3.63, 3.8) is 0 Å². The average molecular weight is 292 g/mol. The van der Waals surface area contributed by atoms with E-state index in [0.29, 0.717) is 16.6 Å². The van der Waals surface area contributed by atoms with E-state index >= 15 is 0 Å².